The quantitative estimate of drug-likeness (QED) is 0.449. The van der Waals surface area contributed by atoms with E-state index in [1.807, 2.05) is 6.92 Å². The van der Waals surface area contributed by atoms with Crippen molar-refractivity contribution in [2.45, 2.75) is 46.1 Å². The highest BCUT2D eigenvalue weighted by molar-refractivity contribution is 7.80. The Bertz CT molecular complexity index is 225. The second-order valence-corrected chi connectivity index (χ2v) is 5.42. The molecule has 0 radical (unpaired) electrons. The summed E-state index contributed by atoms with van der Waals surface area (Å²) in [5.41, 5.74) is 0. The fourth-order valence-corrected chi connectivity index (χ4v) is 1.73. The average Bonchev–Trinajstić information content (AvgIpc) is 2.37. The Morgan fingerprint density at radius 3 is 2.37 bits per heavy atom. The predicted molar refractivity (Wildman–Crippen MR) is 86.7 cm³/mol. The van der Waals surface area contributed by atoms with E-state index >= 15 is 0 Å². The first kappa shape index (κ1) is 18.6. The number of nitrogens with zero attached hydrogens (tertiary/aromatic N) is 1. The van der Waals surface area contributed by atoms with E-state index < -0.39 is 0 Å². The lowest BCUT2D eigenvalue weighted by atomic mass is 10.2. The molecule has 0 saturated carbocycles. The van der Waals surface area contributed by atoms with Gasteiger partial charge in [-0.3, -0.25) is 0 Å². The molecule has 0 amide bonds. The van der Waals surface area contributed by atoms with Gasteiger partial charge in [-0.15, -0.1) is 0 Å². The first-order valence-corrected chi connectivity index (χ1v) is 7.78. The summed E-state index contributed by atoms with van der Waals surface area (Å²) >= 11 is 5.20. The second-order valence-electron chi connectivity index (χ2n) is 5.01. The van der Waals surface area contributed by atoms with E-state index in [9.17, 15) is 0 Å². The number of ether oxygens (including phenoxy) is 1. The minimum atomic E-state index is 0.626. The highest BCUT2D eigenvalue weighted by atomic mass is 32.1. The number of thiocarbonyl (C=S) groups is 1. The summed E-state index contributed by atoms with van der Waals surface area (Å²) in [6.45, 7) is 11.0. The molecule has 2 N–H and O–H groups in total. The van der Waals surface area contributed by atoms with Crippen molar-refractivity contribution in [1.82, 2.24) is 15.5 Å². The third-order valence-corrected chi connectivity index (χ3v) is 3.35. The number of unbranched alkanes of at least 4 members (excludes halogenated alkanes) is 1. The van der Waals surface area contributed by atoms with E-state index in [0.717, 1.165) is 50.8 Å². The van der Waals surface area contributed by atoms with Crippen LogP contribution in [0.25, 0.3) is 0 Å². The van der Waals surface area contributed by atoms with Crippen LogP contribution in [0.5, 0.6) is 0 Å². The van der Waals surface area contributed by atoms with Gasteiger partial charge >= 0.3 is 0 Å². The molecule has 5 heteroatoms. The summed E-state index contributed by atoms with van der Waals surface area (Å²) in [6.07, 6.45) is 3.35. The van der Waals surface area contributed by atoms with Crippen molar-refractivity contribution in [2.24, 2.45) is 0 Å². The van der Waals surface area contributed by atoms with Gasteiger partial charge in [0.2, 0.25) is 0 Å². The molecular weight excluding hydrogens is 258 g/mol. The van der Waals surface area contributed by atoms with Gasteiger partial charge in [0.25, 0.3) is 0 Å². The van der Waals surface area contributed by atoms with Gasteiger partial charge in [-0.1, -0.05) is 0 Å². The molecule has 0 aromatic carbocycles. The Balaban J connectivity index is 3.29. The smallest absolute Gasteiger partial charge is 0.166 e. The van der Waals surface area contributed by atoms with Crippen molar-refractivity contribution in [1.29, 1.82) is 0 Å². The summed E-state index contributed by atoms with van der Waals surface area (Å²) in [5, 5.41) is 7.18. The van der Waals surface area contributed by atoms with Gasteiger partial charge in [-0.05, 0) is 65.8 Å². The maximum Gasteiger partial charge on any atom is 0.166 e. The summed E-state index contributed by atoms with van der Waals surface area (Å²) < 4.78 is 5.26. The van der Waals surface area contributed by atoms with Crippen molar-refractivity contribution >= 4 is 17.3 Å². The lowest BCUT2D eigenvalue weighted by Crippen LogP contribution is -2.36. The zero-order valence-corrected chi connectivity index (χ0v) is 13.8. The molecule has 0 aromatic heterocycles. The van der Waals surface area contributed by atoms with E-state index in [4.69, 9.17) is 17.0 Å². The van der Waals surface area contributed by atoms with Crippen molar-refractivity contribution in [2.75, 3.05) is 39.9 Å². The number of hydrogen-bond donors (Lipinski definition) is 2. The van der Waals surface area contributed by atoms with Gasteiger partial charge in [-0.25, -0.2) is 0 Å². The monoisotopic (exact) mass is 289 g/mol. The Morgan fingerprint density at radius 2 is 1.79 bits per heavy atom. The molecule has 0 bridgehead atoms. The zero-order valence-electron chi connectivity index (χ0n) is 13.0. The van der Waals surface area contributed by atoms with Crippen LogP contribution >= 0.6 is 12.2 Å². The Hall–Kier alpha value is -0.390. The molecule has 0 aliphatic carbocycles. The molecule has 0 saturated heterocycles. The first-order valence-electron chi connectivity index (χ1n) is 7.37. The highest BCUT2D eigenvalue weighted by Gasteiger charge is 2.01. The topological polar surface area (TPSA) is 36.5 Å². The molecule has 0 aromatic rings. The summed E-state index contributed by atoms with van der Waals surface area (Å²) in [4.78, 5) is 2.37. The minimum absolute atomic E-state index is 0.626. The normalized spacial score (nSPS) is 11.1. The van der Waals surface area contributed by atoms with E-state index in [0.29, 0.717) is 6.04 Å². The molecule has 114 valence electrons. The van der Waals surface area contributed by atoms with E-state index in [-0.39, 0.29) is 0 Å². The number of rotatable bonds is 11. The van der Waals surface area contributed by atoms with Crippen LogP contribution in [0.3, 0.4) is 0 Å². The molecule has 0 aliphatic rings. The van der Waals surface area contributed by atoms with Gasteiger partial charge in [0, 0.05) is 32.3 Å². The zero-order chi connectivity index (χ0) is 14.5. The maximum atomic E-state index is 5.26. The molecule has 0 fully saturated rings. The van der Waals surface area contributed by atoms with Crippen LogP contribution in [-0.4, -0.2) is 55.9 Å². The molecular formula is C14H31N3OS. The van der Waals surface area contributed by atoms with Crippen molar-refractivity contribution < 1.29 is 4.74 Å². The summed E-state index contributed by atoms with van der Waals surface area (Å²) in [6, 6.07) is 0.626. The van der Waals surface area contributed by atoms with Gasteiger partial charge < -0.3 is 20.3 Å². The van der Waals surface area contributed by atoms with Gasteiger partial charge in [0.15, 0.2) is 5.11 Å². The van der Waals surface area contributed by atoms with Crippen LogP contribution in [0, 0.1) is 0 Å². The molecule has 0 atom stereocenters. The largest absolute Gasteiger partial charge is 0.382 e. The lowest BCUT2D eigenvalue weighted by molar-refractivity contribution is 0.145. The van der Waals surface area contributed by atoms with E-state index in [2.05, 4.69) is 36.4 Å². The Labute approximate surface area is 124 Å². The Kier molecular flexibility index (Phi) is 12.4. The highest BCUT2D eigenvalue weighted by Crippen LogP contribution is 1.97. The van der Waals surface area contributed by atoms with Gasteiger partial charge in [0.05, 0.1) is 0 Å². The molecule has 0 rings (SSSR count). The minimum Gasteiger partial charge on any atom is -0.382 e. The van der Waals surface area contributed by atoms with Crippen LogP contribution < -0.4 is 10.6 Å². The molecule has 0 spiro atoms. The third kappa shape index (κ3) is 12.4. The molecule has 0 aliphatic heterocycles. The fourth-order valence-electron chi connectivity index (χ4n) is 1.53. The molecule has 19 heavy (non-hydrogen) atoms. The van der Waals surface area contributed by atoms with E-state index in [1.54, 1.807) is 0 Å². The molecule has 0 unspecified atom stereocenters. The number of nitrogens with one attached hydrogen (secondary N) is 2. The summed E-state index contributed by atoms with van der Waals surface area (Å²) in [5.74, 6) is 0. The first-order chi connectivity index (χ1) is 9.07. The van der Waals surface area contributed by atoms with Crippen molar-refractivity contribution in [3.8, 4) is 0 Å². The fraction of sp³-hybridized carbons (Fsp3) is 0.929. The van der Waals surface area contributed by atoms with Gasteiger partial charge in [0.1, 0.15) is 0 Å². The van der Waals surface area contributed by atoms with Gasteiger partial charge in [-0.2, -0.15) is 0 Å². The molecule has 4 nitrogen and oxygen atoms in total. The van der Waals surface area contributed by atoms with Crippen LogP contribution in [0.2, 0.25) is 0 Å². The van der Waals surface area contributed by atoms with Crippen LogP contribution in [-0.2, 0) is 4.74 Å². The lowest BCUT2D eigenvalue weighted by Gasteiger charge is -2.20. The maximum absolute atomic E-state index is 5.26. The van der Waals surface area contributed by atoms with E-state index in [1.165, 1.54) is 6.42 Å². The third-order valence-electron chi connectivity index (χ3n) is 3.06. The number of hydrogen-bond acceptors (Lipinski definition) is 3. The summed E-state index contributed by atoms with van der Waals surface area (Å²) in [7, 11) is 2.17. The SMILES string of the molecule is CCOCCCNC(=S)NCCCCN(C)C(C)C. The van der Waals surface area contributed by atoms with Crippen molar-refractivity contribution in [3.05, 3.63) is 0 Å². The predicted octanol–water partition coefficient (Wildman–Crippen LogP) is 2.00. The van der Waals surface area contributed by atoms with Crippen molar-refractivity contribution in [3.63, 3.8) is 0 Å². The standard InChI is InChI=1S/C14H31N3OS/c1-5-18-12-8-10-16-14(19)15-9-6-7-11-17(4)13(2)3/h13H,5-12H2,1-4H3,(H2,15,16,19). The van der Waals surface area contributed by atoms with Crippen LogP contribution in [0.1, 0.15) is 40.0 Å². The average molecular weight is 289 g/mol. The van der Waals surface area contributed by atoms with Crippen LogP contribution in [0.4, 0.5) is 0 Å². The molecule has 0 heterocycles. The van der Waals surface area contributed by atoms with Crippen LogP contribution in [0.15, 0.2) is 0 Å². The second kappa shape index (κ2) is 12.6. The Morgan fingerprint density at radius 1 is 1.16 bits per heavy atom.